The van der Waals surface area contributed by atoms with Gasteiger partial charge in [0.2, 0.25) is 6.41 Å². The predicted molar refractivity (Wildman–Crippen MR) is 147 cm³/mol. The van der Waals surface area contributed by atoms with Crippen molar-refractivity contribution in [2.75, 3.05) is 13.1 Å². The second-order valence-corrected chi connectivity index (χ2v) is 11.8. The van der Waals surface area contributed by atoms with Crippen molar-refractivity contribution in [1.82, 2.24) is 10.2 Å². The van der Waals surface area contributed by atoms with Gasteiger partial charge in [-0.1, -0.05) is 39.8 Å². The molecule has 0 radical (unpaired) electrons. The van der Waals surface area contributed by atoms with E-state index in [0.29, 0.717) is 29.5 Å². The SMILES string of the molecule is CC(CCC(C)(C)C(C)C)N1CCC(c2ccc(F)cc2)CC1.O=CNCc1cc(C(F)(F)F)cc(C(F)(F)F)c1. The fourth-order valence-corrected chi connectivity index (χ4v) is 4.74. The summed E-state index contributed by atoms with van der Waals surface area (Å²) in [5.74, 6) is 1.21. The summed E-state index contributed by atoms with van der Waals surface area (Å²) in [6, 6.07) is 8.94. The Labute approximate surface area is 238 Å². The molecule has 1 unspecified atom stereocenters. The molecule has 1 atom stereocenters. The molecular formula is C31H41F7N2O. The molecule has 3 nitrogen and oxygen atoms in total. The minimum Gasteiger partial charge on any atom is -0.355 e. The first kappa shape index (κ1) is 34.6. The molecule has 0 aliphatic carbocycles. The molecule has 0 aromatic heterocycles. The highest BCUT2D eigenvalue weighted by Crippen LogP contribution is 2.37. The number of rotatable bonds is 9. The van der Waals surface area contributed by atoms with E-state index in [1.807, 2.05) is 17.4 Å². The molecule has 3 rings (SSSR count). The standard InChI is InChI=1S/C21H34FN.C10H7F6NO/c1-16(2)21(4,5)13-10-17(3)23-14-11-19(12-15-23)18-6-8-20(22)9-7-18;11-9(12,13)7-1-6(4-17-5-18)2-8(3-7)10(14,15)16/h6-9,16-17,19H,10-15H2,1-5H3;1-3,5H,4H2,(H,17,18). The van der Waals surface area contributed by atoms with Crippen molar-refractivity contribution in [3.8, 4) is 0 Å². The molecule has 1 aliphatic heterocycles. The summed E-state index contributed by atoms with van der Waals surface area (Å²) < 4.78 is 87.5. The fraction of sp³-hybridized carbons (Fsp3) is 0.581. The molecule has 1 saturated heterocycles. The van der Waals surface area contributed by atoms with Crippen molar-refractivity contribution in [2.45, 2.75) is 91.2 Å². The van der Waals surface area contributed by atoms with Crippen molar-refractivity contribution < 1.29 is 35.5 Å². The molecule has 1 amide bonds. The number of likely N-dealkylation sites (tertiary alicyclic amines) is 1. The van der Waals surface area contributed by atoms with E-state index in [2.05, 4.69) is 39.5 Å². The molecule has 0 spiro atoms. The Hall–Kier alpha value is -2.62. The molecule has 2 aromatic carbocycles. The zero-order valence-electron chi connectivity index (χ0n) is 24.3. The van der Waals surface area contributed by atoms with E-state index < -0.39 is 30.0 Å². The molecule has 1 fully saturated rings. The van der Waals surface area contributed by atoms with E-state index in [9.17, 15) is 35.5 Å². The highest BCUT2D eigenvalue weighted by atomic mass is 19.4. The molecule has 0 saturated carbocycles. The number of piperidine rings is 1. The third kappa shape index (κ3) is 10.9. The fourth-order valence-electron chi connectivity index (χ4n) is 4.74. The minimum absolute atomic E-state index is 0.0322. The Kier molecular flexibility index (Phi) is 12.2. The summed E-state index contributed by atoms with van der Waals surface area (Å²) in [7, 11) is 0. The number of alkyl halides is 6. The number of carbonyl (C=O) groups excluding carboxylic acids is 1. The van der Waals surface area contributed by atoms with Gasteiger partial charge in [0.1, 0.15) is 5.82 Å². The normalized spacial score (nSPS) is 16.2. The molecule has 1 heterocycles. The number of halogens is 7. The largest absolute Gasteiger partial charge is 0.416 e. The third-order valence-electron chi connectivity index (χ3n) is 8.30. The van der Waals surface area contributed by atoms with Crippen molar-refractivity contribution in [3.05, 3.63) is 70.5 Å². The second kappa shape index (κ2) is 14.5. The summed E-state index contributed by atoms with van der Waals surface area (Å²) in [4.78, 5) is 12.6. The first-order valence-corrected chi connectivity index (χ1v) is 13.9. The molecule has 1 aliphatic rings. The van der Waals surface area contributed by atoms with Gasteiger partial charge in [0, 0.05) is 12.6 Å². The van der Waals surface area contributed by atoms with E-state index in [-0.39, 0.29) is 23.9 Å². The van der Waals surface area contributed by atoms with Gasteiger partial charge in [-0.25, -0.2) is 4.39 Å². The first-order valence-electron chi connectivity index (χ1n) is 13.9. The van der Waals surface area contributed by atoms with E-state index in [4.69, 9.17) is 0 Å². The van der Waals surface area contributed by atoms with Crippen LogP contribution in [0.15, 0.2) is 42.5 Å². The first-order chi connectivity index (χ1) is 18.9. The lowest BCUT2D eigenvalue weighted by molar-refractivity contribution is -0.143. The Bertz CT molecular complexity index is 1050. The van der Waals surface area contributed by atoms with Crippen LogP contribution in [0.25, 0.3) is 0 Å². The van der Waals surface area contributed by atoms with Crippen molar-refractivity contribution >= 4 is 6.41 Å². The Morgan fingerprint density at radius 1 is 0.902 bits per heavy atom. The number of nitrogens with one attached hydrogen (secondary N) is 1. The van der Waals surface area contributed by atoms with Crippen LogP contribution in [0.3, 0.4) is 0 Å². The van der Waals surface area contributed by atoms with Crippen molar-refractivity contribution in [2.24, 2.45) is 11.3 Å². The lowest BCUT2D eigenvalue weighted by Gasteiger charge is -2.38. The topological polar surface area (TPSA) is 32.3 Å². The predicted octanol–water partition coefficient (Wildman–Crippen LogP) is 8.83. The summed E-state index contributed by atoms with van der Waals surface area (Å²) >= 11 is 0. The maximum absolute atomic E-state index is 13.1. The van der Waals surface area contributed by atoms with Crippen LogP contribution < -0.4 is 5.32 Å². The second-order valence-electron chi connectivity index (χ2n) is 11.8. The minimum atomic E-state index is -4.88. The molecule has 2 aromatic rings. The number of hydrogen-bond donors (Lipinski definition) is 1. The van der Waals surface area contributed by atoms with Crippen LogP contribution >= 0.6 is 0 Å². The van der Waals surface area contributed by atoms with Gasteiger partial charge in [-0.05, 0) is 104 Å². The summed E-state index contributed by atoms with van der Waals surface area (Å²) in [6.45, 7) is 13.8. The molecular weight excluding hydrogens is 549 g/mol. The number of amides is 1. The van der Waals surface area contributed by atoms with Gasteiger partial charge >= 0.3 is 12.4 Å². The van der Waals surface area contributed by atoms with E-state index in [0.717, 1.165) is 5.92 Å². The Balaban J connectivity index is 0.000000296. The third-order valence-corrected chi connectivity index (χ3v) is 8.30. The van der Waals surface area contributed by atoms with E-state index >= 15 is 0 Å². The van der Waals surface area contributed by atoms with Gasteiger partial charge in [-0.2, -0.15) is 26.3 Å². The Morgan fingerprint density at radius 3 is 1.85 bits per heavy atom. The highest BCUT2D eigenvalue weighted by Gasteiger charge is 2.36. The average Bonchev–Trinajstić information content (AvgIpc) is 2.90. The smallest absolute Gasteiger partial charge is 0.355 e. The van der Waals surface area contributed by atoms with Gasteiger partial charge in [0.25, 0.3) is 0 Å². The zero-order chi connectivity index (χ0) is 31.0. The number of nitrogens with zero attached hydrogens (tertiary/aromatic N) is 1. The van der Waals surface area contributed by atoms with Gasteiger partial charge in [0.05, 0.1) is 11.1 Å². The maximum atomic E-state index is 13.1. The monoisotopic (exact) mass is 590 g/mol. The van der Waals surface area contributed by atoms with Gasteiger partial charge in [0.15, 0.2) is 0 Å². The summed E-state index contributed by atoms with van der Waals surface area (Å²) in [6.07, 6.45) is -4.59. The molecule has 10 heteroatoms. The average molecular weight is 591 g/mol. The van der Waals surface area contributed by atoms with E-state index in [1.165, 1.54) is 44.3 Å². The summed E-state index contributed by atoms with van der Waals surface area (Å²) in [5.41, 5.74) is -1.34. The van der Waals surface area contributed by atoms with Crippen LogP contribution in [-0.2, 0) is 23.7 Å². The van der Waals surface area contributed by atoms with E-state index in [1.54, 1.807) is 12.1 Å². The lowest BCUT2D eigenvalue weighted by Crippen LogP contribution is -2.40. The van der Waals surface area contributed by atoms with Crippen molar-refractivity contribution in [3.63, 3.8) is 0 Å². The molecule has 0 bridgehead atoms. The molecule has 41 heavy (non-hydrogen) atoms. The van der Waals surface area contributed by atoms with Crippen LogP contribution in [-0.4, -0.2) is 30.4 Å². The van der Waals surface area contributed by atoms with Crippen LogP contribution in [0, 0.1) is 17.2 Å². The van der Waals surface area contributed by atoms with Crippen LogP contribution in [0.2, 0.25) is 0 Å². The maximum Gasteiger partial charge on any atom is 0.416 e. The highest BCUT2D eigenvalue weighted by molar-refractivity contribution is 5.46. The van der Waals surface area contributed by atoms with Crippen molar-refractivity contribution in [1.29, 1.82) is 0 Å². The zero-order valence-corrected chi connectivity index (χ0v) is 24.3. The number of benzene rings is 2. The molecule has 230 valence electrons. The van der Waals surface area contributed by atoms with Gasteiger partial charge < -0.3 is 10.2 Å². The van der Waals surface area contributed by atoms with Gasteiger partial charge in [-0.15, -0.1) is 0 Å². The van der Waals surface area contributed by atoms with Crippen LogP contribution in [0.4, 0.5) is 30.7 Å². The Morgan fingerprint density at radius 2 is 1.41 bits per heavy atom. The number of hydrogen-bond acceptors (Lipinski definition) is 2. The molecule has 1 N–H and O–H groups in total. The van der Waals surface area contributed by atoms with Crippen LogP contribution in [0.5, 0.6) is 0 Å². The summed E-state index contributed by atoms with van der Waals surface area (Å²) in [5, 5.41) is 2.01. The number of carbonyl (C=O) groups is 1. The van der Waals surface area contributed by atoms with Gasteiger partial charge in [-0.3, -0.25) is 4.79 Å². The lowest BCUT2D eigenvalue weighted by atomic mass is 9.76. The quantitative estimate of drug-likeness (QED) is 0.234. The van der Waals surface area contributed by atoms with Crippen LogP contribution in [0.1, 0.15) is 88.5 Å².